The Hall–Kier alpha value is -3.39. The van der Waals surface area contributed by atoms with Gasteiger partial charge in [0.1, 0.15) is 23.9 Å². The van der Waals surface area contributed by atoms with Crippen LogP contribution in [0.4, 0.5) is 4.39 Å². The summed E-state index contributed by atoms with van der Waals surface area (Å²) in [6.45, 7) is 14.7. The molecule has 2 fully saturated rings. The number of esters is 1. The number of benzene rings is 1. The van der Waals surface area contributed by atoms with Gasteiger partial charge < -0.3 is 9.84 Å². The van der Waals surface area contributed by atoms with Crippen LogP contribution in [-0.2, 0) is 20.9 Å². The Labute approximate surface area is 280 Å². The van der Waals surface area contributed by atoms with Crippen molar-refractivity contribution in [3.05, 3.63) is 76.9 Å². The van der Waals surface area contributed by atoms with Crippen molar-refractivity contribution in [3.63, 3.8) is 0 Å². The SMILES string of the molecule is C/C(=C\CC/C(C)=C/CC[C@@H]1[C@@]2(C)CCC(=O)C(C)(C)[C@H]2CC[C@@]1(C)O)CC/C=C(\C)C(=O)OCc1cn(-c2ccc(F)cc2)nn1. The second-order valence-corrected chi connectivity index (χ2v) is 15.0. The van der Waals surface area contributed by atoms with E-state index in [1.54, 1.807) is 25.3 Å². The Kier molecular flexibility index (Phi) is 11.8. The molecule has 4 atom stereocenters. The van der Waals surface area contributed by atoms with E-state index in [2.05, 4.69) is 57.1 Å². The molecule has 0 spiro atoms. The molecule has 0 radical (unpaired) electrons. The van der Waals surface area contributed by atoms with Crippen molar-refractivity contribution in [1.29, 1.82) is 0 Å². The lowest BCUT2D eigenvalue weighted by Crippen LogP contribution is -2.59. The molecule has 0 aliphatic heterocycles. The number of hydrogen-bond donors (Lipinski definition) is 1. The van der Waals surface area contributed by atoms with Crippen molar-refractivity contribution < 1.29 is 23.8 Å². The molecule has 0 bridgehead atoms. The molecule has 4 rings (SSSR count). The number of nitrogens with zero attached hydrogens (tertiary/aromatic N) is 3. The van der Waals surface area contributed by atoms with Crippen molar-refractivity contribution in [2.24, 2.45) is 22.7 Å². The Morgan fingerprint density at radius 1 is 1.00 bits per heavy atom. The number of aromatic nitrogens is 3. The third-order valence-corrected chi connectivity index (χ3v) is 11.0. The first kappa shape index (κ1) is 36.4. The van der Waals surface area contributed by atoms with Crippen LogP contribution in [-0.4, -0.2) is 37.5 Å². The molecule has 2 aromatic rings. The topological polar surface area (TPSA) is 94.3 Å². The maximum Gasteiger partial charge on any atom is 0.333 e. The van der Waals surface area contributed by atoms with Crippen molar-refractivity contribution in [2.75, 3.05) is 0 Å². The van der Waals surface area contributed by atoms with Crippen molar-refractivity contribution in [1.82, 2.24) is 15.0 Å². The summed E-state index contributed by atoms with van der Waals surface area (Å²) < 4.78 is 20.1. The summed E-state index contributed by atoms with van der Waals surface area (Å²) in [4.78, 5) is 25.2. The number of carbonyl (C=O) groups excluding carboxylic acids is 2. The number of rotatable bonds is 13. The van der Waals surface area contributed by atoms with Gasteiger partial charge in [-0.05, 0) is 127 Å². The second kappa shape index (κ2) is 15.2. The lowest BCUT2D eigenvalue weighted by atomic mass is 9.45. The largest absolute Gasteiger partial charge is 0.456 e. The summed E-state index contributed by atoms with van der Waals surface area (Å²) >= 11 is 0. The summed E-state index contributed by atoms with van der Waals surface area (Å²) in [7, 11) is 0. The summed E-state index contributed by atoms with van der Waals surface area (Å²) in [5, 5.41) is 19.5. The van der Waals surface area contributed by atoms with Crippen LogP contribution in [0.5, 0.6) is 0 Å². The van der Waals surface area contributed by atoms with Gasteiger partial charge in [0.05, 0.1) is 17.5 Å². The molecule has 8 heteroatoms. The molecule has 0 unspecified atom stereocenters. The Morgan fingerprint density at radius 2 is 1.64 bits per heavy atom. The minimum absolute atomic E-state index is 0.00992. The van der Waals surface area contributed by atoms with Crippen LogP contribution in [0.25, 0.3) is 5.69 Å². The number of ether oxygens (including phenoxy) is 1. The molecular formula is C39H54FN3O4. The molecule has 256 valence electrons. The number of Topliss-reactive ketones (excluding diaryl/α,β-unsaturated/α-hetero) is 1. The van der Waals surface area contributed by atoms with Gasteiger partial charge in [-0.3, -0.25) is 4.79 Å². The van der Waals surface area contributed by atoms with E-state index in [9.17, 15) is 19.1 Å². The first-order chi connectivity index (χ1) is 22.1. The van der Waals surface area contributed by atoms with E-state index >= 15 is 0 Å². The quantitative estimate of drug-likeness (QED) is 0.133. The standard InChI is InChI=1S/C39H54FN3O4/c1-27(13-9-15-29(3)36(45)47-26-31-25-43(42-41-31)32-19-17-30(40)18-20-32)11-8-12-28(2)14-10-16-34-38(6)23-22-35(44)37(4,5)33(38)21-24-39(34,7)46/h11,14-15,17-20,25,33-34,46H,8-10,12-13,16,21-24,26H2,1-7H3/b27-11+,28-14+,29-15+/t33-,34-,38+,39-/m1/s1. The van der Waals surface area contributed by atoms with Gasteiger partial charge in [-0.2, -0.15) is 0 Å². The van der Waals surface area contributed by atoms with E-state index in [-0.39, 0.29) is 35.1 Å². The molecule has 1 N–H and O–H groups in total. The van der Waals surface area contributed by atoms with Crippen LogP contribution >= 0.6 is 0 Å². The molecule has 2 aliphatic carbocycles. The van der Waals surface area contributed by atoms with E-state index in [0.717, 1.165) is 57.8 Å². The third kappa shape index (κ3) is 8.95. The fourth-order valence-electron chi connectivity index (χ4n) is 8.15. The van der Waals surface area contributed by atoms with E-state index in [0.29, 0.717) is 35.1 Å². The summed E-state index contributed by atoms with van der Waals surface area (Å²) in [6, 6.07) is 5.90. The van der Waals surface area contributed by atoms with Crippen LogP contribution in [0.3, 0.4) is 0 Å². The van der Waals surface area contributed by atoms with Crippen molar-refractivity contribution in [2.45, 2.75) is 125 Å². The van der Waals surface area contributed by atoms with Gasteiger partial charge in [0, 0.05) is 17.4 Å². The molecule has 0 saturated heterocycles. The lowest BCUT2D eigenvalue weighted by Gasteiger charge is -2.60. The van der Waals surface area contributed by atoms with Gasteiger partial charge in [-0.25, -0.2) is 13.9 Å². The highest BCUT2D eigenvalue weighted by atomic mass is 19.1. The van der Waals surface area contributed by atoms with Gasteiger partial charge in [-0.15, -0.1) is 5.10 Å². The average Bonchev–Trinajstić information content (AvgIpc) is 3.48. The molecule has 47 heavy (non-hydrogen) atoms. The Morgan fingerprint density at radius 3 is 2.32 bits per heavy atom. The van der Waals surface area contributed by atoms with Crippen LogP contribution in [0, 0.1) is 28.5 Å². The maximum atomic E-state index is 13.2. The highest BCUT2D eigenvalue weighted by Crippen LogP contribution is 2.62. The monoisotopic (exact) mass is 647 g/mol. The lowest BCUT2D eigenvalue weighted by molar-refractivity contribution is -0.177. The zero-order valence-corrected chi connectivity index (χ0v) is 29.4. The molecular weight excluding hydrogens is 593 g/mol. The van der Waals surface area contributed by atoms with Crippen molar-refractivity contribution >= 4 is 11.8 Å². The first-order valence-electron chi connectivity index (χ1n) is 17.2. The number of fused-ring (bicyclic) bond motifs is 1. The van der Waals surface area contributed by atoms with Crippen LogP contribution in [0.2, 0.25) is 0 Å². The van der Waals surface area contributed by atoms with Gasteiger partial charge in [0.15, 0.2) is 0 Å². The minimum atomic E-state index is -0.694. The summed E-state index contributed by atoms with van der Waals surface area (Å²) in [6.07, 6.45) is 16.8. The third-order valence-electron chi connectivity index (χ3n) is 11.0. The number of allylic oxidation sites excluding steroid dienone is 5. The number of hydrogen-bond acceptors (Lipinski definition) is 6. The molecule has 1 heterocycles. The molecule has 1 aromatic carbocycles. The van der Waals surface area contributed by atoms with Crippen molar-refractivity contribution in [3.8, 4) is 5.69 Å². The molecule has 2 aliphatic rings. The second-order valence-electron chi connectivity index (χ2n) is 15.0. The molecule has 0 amide bonds. The zero-order chi connectivity index (χ0) is 34.4. The first-order valence-corrected chi connectivity index (χ1v) is 17.2. The summed E-state index contributed by atoms with van der Waals surface area (Å²) in [5.74, 6) is 0.182. The molecule has 7 nitrogen and oxygen atoms in total. The van der Waals surface area contributed by atoms with E-state index in [1.807, 2.05) is 13.0 Å². The summed E-state index contributed by atoms with van der Waals surface area (Å²) in [5.41, 5.74) is 3.37. The van der Waals surface area contributed by atoms with Gasteiger partial charge in [-0.1, -0.05) is 55.4 Å². The van der Waals surface area contributed by atoms with Crippen LogP contribution in [0.1, 0.15) is 118 Å². The van der Waals surface area contributed by atoms with Gasteiger partial charge in [0.2, 0.25) is 0 Å². The fraction of sp³-hybridized carbons (Fsp3) is 0.590. The predicted octanol–water partition coefficient (Wildman–Crippen LogP) is 8.80. The molecule has 1 aromatic heterocycles. The number of carbonyl (C=O) groups is 2. The minimum Gasteiger partial charge on any atom is -0.456 e. The van der Waals surface area contributed by atoms with Gasteiger partial charge >= 0.3 is 5.97 Å². The Balaban J connectivity index is 1.18. The van der Waals surface area contributed by atoms with Gasteiger partial charge in [0.25, 0.3) is 0 Å². The fourth-order valence-corrected chi connectivity index (χ4v) is 8.15. The number of halogens is 1. The predicted molar refractivity (Wildman–Crippen MR) is 183 cm³/mol. The zero-order valence-electron chi connectivity index (χ0n) is 29.4. The Bertz CT molecular complexity index is 1500. The van der Waals surface area contributed by atoms with E-state index in [4.69, 9.17) is 4.74 Å². The smallest absolute Gasteiger partial charge is 0.333 e. The van der Waals surface area contributed by atoms with Crippen LogP contribution < -0.4 is 0 Å². The van der Waals surface area contributed by atoms with E-state index < -0.39 is 5.60 Å². The maximum absolute atomic E-state index is 13.2. The number of ketones is 1. The normalized spacial score (nSPS) is 26.7. The number of aliphatic hydroxyl groups is 1. The highest BCUT2D eigenvalue weighted by Gasteiger charge is 2.59. The molecule has 2 saturated carbocycles. The van der Waals surface area contributed by atoms with E-state index in [1.165, 1.54) is 28.0 Å². The average molecular weight is 648 g/mol. The van der Waals surface area contributed by atoms with Crippen LogP contribution in [0.15, 0.2) is 65.4 Å². The highest BCUT2D eigenvalue weighted by molar-refractivity contribution is 5.87.